The maximum atomic E-state index is 4.83. The van der Waals surface area contributed by atoms with Crippen LogP contribution in [-0.4, -0.2) is 24.5 Å². The molecule has 4 rings (SSSR count). The molecule has 124 valence electrons. The molecule has 1 saturated carbocycles. The minimum atomic E-state index is 0.574. The average Bonchev–Trinajstić information content (AvgIpc) is 3.27. The molecule has 1 fully saturated rings. The van der Waals surface area contributed by atoms with E-state index in [0.29, 0.717) is 5.92 Å². The third-order valence-corrected chi connectivity index (χ3v) is 4.51. The third-order valence-electron chi connectivity index (χ3n) is 4.51. The summed E-state index contributed by atoms with van der Waals surface area (Å²) in [6.07, 6.45) is 4.37. The third kappa shape index (κ3) is 3.11. The van der Waals surface area contributed by atoms with Crippen LogP contribution in [0, 0.1) is 13.8 Å². The fraction of sp³-hybridized carbons (Fsp3) is 0.421. The Kier molecular flexibility index (Phi) is 3.92. The molecule has 0 spiro atoms. The van der Waals surface area contributed by atoms with E-state index in [4.69, 9.17) is 10.1 Å². The first-order chi connectivity index (χ1) is 11.7. The van der Waals surface area contributed by atoms with Crippen molar-refractivity contribution in [3.8, 4) is 5.69 Å². The summed E-state index contributed by atoms with van der Waals surface area (Å²) in [6.45, 7) is 5.06. The highest BCUT2D eigenvalue weighted by Gasteiger charge is 2.29. The van der Waals surface area contributed by atoms with Crippen LogP contribution in [0.5, 0.6) is 0 Å². The number of aromatic nitrogens is 5. The molecule has 0 radical (unpaired) electrons. The predicted octanol–water partition coefficient (Wildman–Crippen LogP) is 3.59. The van der Waals surface area contributed by atoms with Crippen LogP contribution >= 0.6 is 0 Å². The van der Waals surface area contributed by atoms with Crippen molar-refractivity contribution in [2.24, 2.45) is 0 Å². The summed E-state index contributed by atoms with van der Waals surface area (Å²) < 4.78 is 4.11. The number of benzene rings is 1. The van der Waals surface area contributed by atoms with Gasteiger partial charge in [0.1, 0.15) is 5.82 Å². The number of rotatable bonds is 6. The summed E-state index contributed by atoms with van der Waals surface area (Å²) in [5, 5.41) is 9.31. The zero-order chi connectivity index (χ0) is 16.5. The van der Waals surface area contributed by atoms with Crippen molar-refractivity contribution < 1.29 is 0 Å². The van der Waals surface area contributed by atoms with Crippen LogP contribution < -0.4 is 0 Å². The van der Waals surface area contributed by atoms with Crippen molar-refractivity contribution in [2.45, 2.75) is 52.0 Å². The summed E-state index contributed by atoms with van der Waals surface area (Å²) >= 11 is 0. The lowest BCUT2D eigenvalue weighted by Crippen LogP contribution is -2.07. The Hall–Kier alpha value is -2.43. The van der Waals surface area contributed by atoms with Gasteiger partial charge >= 0.3 is 0 Å². The molecule has 1 aromatic carbocycles. The molecule has 0 N–H and O–H groups in total. The fourth-order valence-electron chi connectivity index (χ4n) is 3.10. The van der Waals surface area contributed by atoms with Crippen LogP contribution in [0.25, 0.3) is 5.69 Å². The molecule has 5 nitrogen and oxygen atoms in total. The van der Waals surface area contributed by atoms with Gasteiger partial charge in [-0.15, -0.1) is 0 Å². The first-order valence-corrected chi connectivity index (χ1v) is 8.73. The second-order valence-electron chi connectivity index (χ2n) is 6.66. The van der Waals surface area contributed by atoms with E-state index in [0.717, 1.165) is 42.4 Å². The molecular formula is C19H23N5. The smallest absolute Gasteiger partial charge is 0.154 e. The SMILES string of the molecule is Cc1cc(C)n(CCCc2nc(C3CC3)nn2-c2ccccc2)n1. The Morgan fingerprint density at radius 3 is 2.54 bits per heavy atom. The summed E-state index contributed by atoms with van der Waals surface area (Å²) in [6, 6.07) is 12.4. The summed E-state index contributed by atoms with van der Waals surface area (Å²) in [5.74, 6) is 2.65. The monoisotopic (exact) mass is 321 g/mol. The molecule has 0 atom stereocenters. The molecule has 3 aromatic rings. The number of aryl methyl sites for hydroxylation is 4. The molecule has 0 unspecified atom stereocenters. The van der Waals surface area contributed by atoms with Gasteiger partial charge in [0, 0.05) is 24.6 Å². The average molecular weight is 321 g/mol. The van der Waals surface area contributed by atoms with Crippen LogP contribution in [0.3, 0.4) is 0 Å². The molecule has 24 heavy (non-hydrogen) atoms. The Labute approximate surface area is 142 Å². The normalized spacial score (nSPS) is 14.2. The minimum absolute atomic E-state index is 0.574. The number of nitrogens with zero attached hydrogens (tertiary/aromatic N) is 5. The first-order valence-electron chi connectivity index (χ1n) is 8.73. The van der Waals surface area contributed by atoms with E-state index in [1.165, 1.54) is 18.5 Å². The highest BCUT2D eigenvalue weighted by Crippen LogP contribution is 2.38. The van der Waals surface area contributed by atoms with Gasteiger partial charge < -0.3 is 0 Å². The molecular weight excluding hydrogens is 298 g/mol. The fourth-order valence-corrected chi connectivity index (χ4v) is 3.10. The highest BCUT2D eigenvalue weighted by molar-refractivity contribution is 5.31. The topological polar surface area (TPSA) is 48.5 Å². The second kappa shape index (κ2) is 6.23. The Morgan fingerprint density at radius 1 is 1.08 bits per heavy atom. The van der Waals surface area contributed by atoms with E-state index >= 15 is 0 Å². The van der Waals surface area contributed by atoms with Crippen LogP contribution in [0.2, 0.25) is 0 Å². The van der Waals surface area contributed by atoms with Crippen LogP contribution in [0.1, 0.15) is 48.2 Å². The van der Waals surface area contributed by atoms with Gasteiger partial charge in [-0.2, -0.15) is 10.2 Å². The summed E-state index contributed by atoms with van der Waals surface area (Å²) in [4.78, 5) is 4.83. The van der Waals surface area contributed by atoms with Gasteiger partial charge in [-0.3, -0.25) is 4.68 Å². The molecule has 0 aliphatic heterocycles. The van der Waals surface area contributed by atoms with Gasteiger partial charge in [0.2, 0.25) is 0 Å². The number of hydrogen-bond acceptors (Lipinski definition) is 3. The standard InChI is InChI=1S/C19H23N5/c1-14-13-15(2)23(21-14)12-6-9-18-20-19(16-10-11-16)22-24(18)17-7-4-3-5-8-17/h3-5,7-8,13,16H,6,9-12H2,1-2H3. The molecule has 1 aliphatic rings. The molecule has 5 heteroatoms. The van der Waals surface area contributed by atoms with Crippen molar-refractivity contribution >= 4 is 0 Å². The van der Waals surface area contributed by atoms with Gasteiger partial charge in [-0.1, -0.05) is 18.2 Å². The second-order valence-corrected chi connectivity index (χ2v) is 6.66. The van der Waals surface area contributed by atoms with Crippen LogP contribution in [0.4, 0.5) is 0 Å². The predicted molar refractivity (Wildman–Crippen MR) is 93.4 cm³/mol. The van der Waals surface area contributed by atoms with E-state index in [1.54, 1.807) is 0 Å². The molecule has 2 aromatic heterocycles. The molecule has 0 bridgehead atoms. The van der Waals surface area contributed by atoms with Crippen LogP contribution in [-0.2, 0) is 13.0 Å². The van der Waals surface area contributed by atoms with Gasteiger partial charge in [0.05, 0.1) is 11.4 Å². The summed E-state index contributed by atoms with van der Waals surface area (Å²) in [5.41, 5.74) is 3.39. The van der Waals surface area contributed by atoms with E-state index in [2.05, 4.69) is 34.9 Å². The van der Waals surface area contributed by atoms with E-state index in [-0.39, 0.29) is 0 Å². The quantitative estimate of drug-likeness (QED) is 0.697. The molecule has 0 amide bonds. The van der Waals surface area contributed by atoms with E-state index < -0.39 is 0 Å². The Balaban J connectivity index is 1.52. The maximum Gasteiger partial charge on any atom is 0.154 e. The highest BCUT2D eigenvalue weighted by atomic mass is 15.4. The Bertz CT molecular complexity index is 827. The van der Waals surface area contributed by atoms with Gasteiger partial charge in [0.25, 0.3) is 0 Å². The zero-order valence-electron chi connectivity index (χ0n) is 14.3. The van der Waals surface area contributed by atoms with Crippen molar-refractivity contribution in [1.82, 2.24) is 24.5 Å². The minimum Gasteiger partial charge on any atom is -0.270 e. The largest absolute Gasteiger partial charge is 0.270 e. The lowest BCUT2D eigenvalue weighted by atomic mass is 10.2. The lowest BCUT2D eigenvalue weighted by Gasteiger charge is -2.07. The number of hydrogen-bond donors (Lipinski definition) is 0. The zero-order valence-corrected chi connectivity index (χ0v) is 14.3. The van der Waals surface area contributed by atoms with E-state index in [1.807, 2.05) is 29.8 Å². The molecule has 0 saturated heterocycles. The molecule has 1 aliphatic carbocycles. The van der Waals surface area contributed by atoms with Crippen molar-refractivity contribution in [1.29, 1.82) is 0 Å². The number of para-hydroxylation sites is 1. The van der Waals surface area contributed by atoms with Crippen molar-refractivity contribution in [3.63, 3.8) is 0 Å². The van der Waals surface area contributed by atoms with Crippen molar-refractivity contribution in [3.05, 3.63) is 59.4 Å². The first kappa shape index (κ1) is 15.1. The van der Waals surface area contributed by atoms with Crippen molar-refractivity contribution in [2.75, 3.05) is 0 Å². The lowest BCUT2D eigenvalue weighted by molar-refractivity contribution is 0.551. The van der Waals surface area contributed by atoms with Gasteiger partial charge in [0.15, 0.2) is 5.82 Å². The van der Waals surface area contributed by atoms with Gasteiger partial charge in [-0.05, 0) is 51.3 Å². The summed E-state index contributed by atoms with van der Waals surface area (Å²) in [7, 11) is 0. The van der Waals surface area contributed by atoms with E-state index in [9.17, 15) is 0 Å². The Morgan fingerprint density at radius 2 is 1.88 bits per heavy atom. The molecule has 2 heterocycles. The van der Waals surface area contributed by atoms with Gasteiger partial charge in [-0.25, -0.2) is 9.67 Å². The maximum absolute atomic E-state index is 4.83. The van der Waals surface area contributed by atoms with Crippen LogP contribution in [0.15, 0.2) is 36.4 Å².